The highest BCUT2D eigenvalue weighted by molar-refractivity contribution is 5.91. The zero-order chi connectivity index (χ0) is 16.6. The first kappa shape index (κ1) is 15.8. The van der Waals surface area contributed by atoms with E-state index in [9.17, 15) is 22.8 Å². The first-order valence-corrected chi connectivity index (χ1v) is 7.64. The largest absolute Gasteiger partial charge is 0.416 e. The number of halogens is 3. The predicted octanol–water partition coefficient (Wildman–Crippen LogP) is 2.65. The lowest BCUT2D eigenvalue weighted by molar-refractivity contribution is -0.141. The van der Waals surface area contributed by atoms with E-state index in [-0.39, 0.29) is 23.8 Å². The van der Waals surface area contributed by atoms with Gasteiger partial charge in [-0.2, -0.15) is 13.2 Å². The van der Waals surface area contributed by atoms with Gasteiger partial charge < -0.3 is 10.2 Å². The Labute approximate surface area is 131 Å². The van der Waals surface area contributed by atoms with Gasteiger partial charge in [-0.25, -0.2) is 0 Å². The summed E-state index contributed by atoms with van der Waals surface area (Å²) in [6.07, 6.45) is -2.60. The van der Waals surface area contributed by atoms with Gasteiger partial charge in [0, 0.05) is 13.0 Å². The Bertz CT molecular complexity index is 630. The van der Waals surface area contributed by atoms with Crippen LogP contribution in [0, 0.1) is 0 Å². The molecule has 1 aromatic carbocycles. The maximum absolute atomic E-state index is 13.2. The lowest BCUT2D eigenvalue weighted by Gasteiger charge is -2.29. The number of rotatable bonds is 2. The van der Waals surface area contributed by atoms with Gasteiger partial charge in [0.25, 0.3) is 0 Å². The zero-order valence-corrected chi connectivity index (χ0v) is 12.4. The minimum atomic E-state index is -4.45. The smallest absolute Gasteiger partial charge is 0.344 e. The van der Waals surface area contributed by atoms with Crippen LogP contribution in [-0.2, 0) is 15.8 Å². The van der Waals surface area contributed by atoms with Crippen LogP contribution >= 0.6 is 0 Å². The van der Waals surface area contributed by atoms with Crippen molar-refractivity contribution < 1.29 is 22.8 Å². The molecule has 0 aliphatic carbocycles. The van der Waals surface area contributed by atoms with Crippen molar-refractivity contribution in [2.24, 2.45) is 0 Å². The monoisotopic (exact) mass is 326 g/mol. The number of hydrogen-bond donors (Lipinski definition) is 1. The fraction of sp³-hybridized carbons (Fsp3) is 0.500. The summed E-state index contributed by atoms with van der Waals surface area (Å²) in [6.45, 7) is 0.419. The van der Waals surface area contributed by atoms with Gasteiger partial charge in [-0.3, -0.25) is 9.59 Å². The Morgan fingerprint density at radius 3 is 2.61 bits per heavy atom. The summed E-state index contributed by atoms with van der Waals surface area (Å²) in [7, 11) is 0. The van der Waals surface area contributed by atoms with E-state index >= 15 is 0 Å². The number of amides is 2. The van der Waals surface area contributed by atoms with Crippen molar-refractivity contribution >= 4 is 11.8 Å². The van der Waals surface area contributed by atoms with E-state index in [1.165, 1.54) is 17.0 Å². The Hall–Kier alpha value is -2.05. The molecule has 7 heteroatoms. The number of benzene rings is 1. The second-order valence-electron chi connectivity index (χ2n) is 5.93. The molecule has 0 aromatic heterocycles. The summed E-state index contributed by atoms with van der Waals surface area (Å²) in [6, 6.07) is 4.20. The van der Waals surface area contributed by atoms with Crippen LogP contribution in [0.2, 0.25) is 0 Å². The molecule has 1 aromatic rings. The number of nitrogens with one attached hydrogen (secondary N) is 1. The molecule has 0 spiro atoms. The van der Waals surface area contributed by atoms with Crippen molar-refractivity contribution in [3.8, 4) is 0 Å². The summed E-state index contributed by atoms with van der Waals surface area (Å²) >= 11 is 0. The molecule has 2 unspecified atom stereocenters. The highest BCUT2D eigenvalue weighted by Gasteiger charge is 2.41. The van der Waals surface area contributed by atoms with Crippen LogP contribution in [0.1, 0.15) is 42.9 Å². The summed E-state index contributed by atoms with van der Waals surface area (Å²) < 4.78 is 39.7. The van der Waals surface area contributed by atoms with E-state index in [2.05, 4.69) is 5.32 Å². The minimum absolute atomic E-state index is 0.134. The summed E-state index contributed by atoms with van der Waals surface area (Å²) in [5, 5.41) is 2.60. The van der Waals surface area contributed by atoms with Crippen molar-refractivity contribution in [3.63, 3.8) is 0 Å². The average Bonchev–Trinajstić information content (AvgIpc) is 3.14. The van der Waals surface area contributed by atoms with Crippen molar-refractivity contribution in [1.29, 1.82) is 0 Å². The van der Waals surface area contributed by atoms with Gasteiger partial charge in [-0.05, 0) is 30.9 Å². The maximum Gasteiger partial charge on any atom is 0.416 e. The Morgan fingerprint density at radius 1 is 1.22 bits per heavy atom. The van der Waals surface area contributed by atoms with E-state index in [1.807, 2.05) is 0 Å². The van der Waals surface area contributed by atoms with Crippen LogP contribution in [0.25, 0.3) is 0 Å². The topological polar surface area (TPSA) is 49.4 Å². The maximum atomic E-state index is 13.2. The highest BCUT2D eigenvalue weighted by Crippen LogP contribution is 2.40. The quantitative estimate of drug-likeness (QED) is 0.908. The third-order valence-electron chi connectivity index (χ3n) is 4.45. The molecule has 23 heavy (non-hydrogen) atoms. The van der Waals surface area contributed by atoms with E-state index in [0.717, 1.165) is 6.07 Å². The van der Waals surface area contributed by atoms with Crippen LogP contribution in [0.3, 0.4) is 0 Å². The van der Waals surface area contributed by atoms with E-state index in [0.29, 0.717) is 25.8 Å². The fourth-order valence-corrected chi connectivity index (χ4v) is 3.40. The van der Waals surface area contributed by atoms with Gasteiger partial charge in [0.05, 0.1) is 11.6 Å². The van der Waals surface area contributed by atoms with E-state index in [1.54, 1.807) is 6.07 Å². The van der Waals surface area contributed by atoms with Crippen LogP contribution in [-0.4, -0.2) is 29.3 Å². The molecule has 0 radical (unpaired) electrons. The van der Waals surface area contributed by atoms with Crippen molar-refractivity contribution in [3.05, 3.63) is 35.4 Å². The van der Waals surface area contributed by atoms with E-state index in [4.69, 9.17) is 0 Å². The lowest BCUT2D eigenvalue weighted by Crippen LogP contribution is -2.44. The standard InChI is InChI=1S/C16H17F3N2O2/c17-16(18,19)11-5-2-1-4-10(11)13-6-3-9-21(13)15(23)12-7-8-14(22)20-12/h1-2,4-5,12-13H,3,6-9H2,(H,20,22). The minimum Gasteiger partial charge on any atom is -0.344 e. The fourth-order valence-electron chi connectivity index (χ4n) is 3.40. The predicted molar refractivity (Wildman–Crippen MR) is 76.3 cm³/mol. The number of alkyl halides is 3. The van der Waals surface area contributed by atoms with Crippen LogP contribution in [0.5, 0.6) is 0 Å². The third-order valence-corrected chi connectivity index (χ3v) is 4.45. The molecule has 2 aliphatic heterocycles. The second-order valence-corrected chi connectivity index (χ2v) is 5.93. The average molecular weight is 326 g/mol. The van der Waals surface area contributed by atoms with Crippen LogP contribution in [0.15, 0.2) is 24.3 Å². The number of hydrogen-bond acceptors (Lipinski definition) is 2. The lowest BCUT2D eigenvalue weighted by atomic mass is 9.97. The highest BCUT2D eigenvalue weighted by atomic mass is 19.4. The molecule has 1 N–H and O–H groups in total. The number of likely N-dealkylation sites (tertiary alicyclic amines) is 1. The Balaban J connectivity index is 1.88. The van der Waals surface area contributed by atoms with Crippen LogP contribution < -0.4 is 5.32 Å². The Kier molecular flexibility index (Phi) is 4.04. The molecule has 4 nitrogen and oxygen atoms in total. The number of carbonyl (C=O) groups excluding carboxylic acids is 2. The van der Waals surface area contributed by atoms with Crippen molar-refractivity contribution in [2.45, 2.75) is 43.9 Å². The van der Waals surface area contributed by atoms with Gasteiger partial charge in [0.2, 0.25) is 11.8 Å². The van der Waals surface area contributed by atoms with Crippen molar-refractivity contribution in [1.82, 2.24) is 10.2 Å². The summed E-state index contributed by atoms with van der Waals surface area (Å²) in [4.78, 5) is 25.3. The van der Waals surface area contributed by atoms with E-state index < -0.39 is 23.8 Å². The normalized spacial score (nSPS) is 24.8. The molecule has 124 valence electrons. The number of carbonyl (C=O) groups is 2. The van der Waals surface area contributed by atoms with Crippen LogP contribution in [0.4, 0.5) is 13.2 Å². The molecular formula is C16H17F3N2O2. The molecule has 2 saturated heterocycles. The third kappa shape index (κ3) is 3.04. The molecule has 2 atom stereocenters. The molecular weight excluding hydrogens is 309 g/mol. The molecule has 3 rings (SSSR count). The van der Waals surface area contributed by atoms with Gasteiger partial charge in [-0.1, -0.05) is 18.2 Å². The first-order chi connectivity index (χ1) is 10.9. The van der Waals surface area contributed by atoms with Gasteiger partial charge >= 0.3 is 6.18 Å². The summed E-state index contributed by atoms with van der Waals surface area (Å²) in [5.74, 6) is -0.467. The molecule has 2 aliphatic rings. The van der Waals surface area contributed by atoms with Crippen molar-refractivity contribution in [2.75, 3.05) is 6.54 Å². The first-order valence-electron chi connectivity index (χ1n) is 7.64. The summed E-state index contributed by atoms with van der Waals surface area (Å²) in [5.41, 5.74) is -0.560. The second kappa shape index (κ2) is 5.86. The Morgan fingerprint density at radius 2 is 1.96 bits per heavy atom. The van der Waals surface area contributed by atoms with Gasteiger partial charge in [0.1, 0.15) is 6.04 Å². The molecule has 2 amide bonds. The molecule has 0 saturated carbocycles. The molecule has 2 heterocycles. The SMILES string of the molecule is O=C1CCC(C(=O)N2CCCC2c2ccccc2C(F)(F)F)N1. The molecule has 0 bridgehead atoms. The van der Waals surface area contributed by atoms with Gasteiger partial charge in [-0.15, -0.1) is 0 Å². The molecule has 2 fully saturated rings. The number of nitrogens with zero attached hydrogens (tertiary/aromatic N) is 1. The van der Waals surface area contributed by atoms with Gasteiger partial charge in [0.15, 0.2) is 0 Å². The zero-order valence-electron chi connectivity index (χ0n) is 12.4.